The van der Waals surface area contributed by atoms with Crippen LogP contribution in [0.2, 0.25) is 0 Å². The number of amides is 3. The van der Waals surface area contributed by atoms with Gasteiger partial charge in [0.1, 0.15) is 11.6 Å². The quantitative estimate of drug-likeness (QED) is 0.534. The Morgan fingerprint density at radius 1 is 1.06 bits per heavy atom. The number of carbonyl (C=O) groups excluding carboxylic acids is 3. The zero-order valence-electron chi connectivity index (χ0n) is 19.3. The molecule has 186 valence electrons. The van der Waals surface area contributed by atoms with Crippen molar-refractivity contribution in [2.24, 2.45) is 5.92 Å². The maximum absolute atomic E-state index is 13.1. The van der Waals surface area contributed by atoms with Gasteiger partial charge >= 0.3 is 11.8 Å². The van der Waals surface area contributed by atoms with Crippen LogP contribution in [0.3, 0.4) is 0 Å². The van der Waals surface area contributed by atoms with Crippen LogP contribution in [0.5, 0.6) is 5.75 Å². The number of hydrogen-bond acceptors (Lipinski definition) is 6. The molecule has 2 aromatic rings. The van der Waals surface area contributed by atoms with E-state index < -0.39 is 34.8 Å². The molecule has 11 heteroatoms. The largest absolute Gasteiger partial charge is 0.501 e. The number of rotatable bonds is 5. The van der Waals surface area contributed by atoms with E-state index in [0.717, 1.165) is 12.8 Å². The summed E-state index contributed by atoms with van der Waals surface area (Å²) < 4.78 is 14.4. The van der Waals surface area contributed by atoms with Crippen LogP contribution in [-0.4, -0.2) is 56.9 Å². The van der Waals surface area contributed by atoms with E-state index in [1.165, 1.54) is 28.8 Å². The highest BCUT2D eigenvalue weighted by molar-refractivity contribution is 6.35. The van der Waals surface area contributed by atoms with E-state index in [2.05, 4.69) is 15.6 Å². The first-order chi connectivity index (χ1) is 16.8. The van der Waals surface area contributed by atoms with Crippen LogP contribution in [0.25, 0.3) is 0 Å². The Kier molecular flexibility index (Phi) is 7.42. The molecule has 4 rings (SSSR count). The average Bonchev–Trinajstić information content (AvgIpc) is 3.32. The van der Waals surface area contributed by atoms with Crippen molar-refractivity contribution in [3.63, 3.8) is 0 Å². The molecule has 3 heterocycles. The molecule has 2 aliphatic heterocycles. The number of halogens is 1. The molecule has 10 nitrogen and oxygen atoms in total. The lowest BCUT2D eigenvalue weighted by molar-refractivity contribution is -0.145. The summed E-state index contributed by atoms with van der Waals surface area (Å²) in [6, 6.07) is 5.58. The monoisotopic (exact) mass is 485 g/mol. The van der Waals surface area contributed by atoms with Gasteiger partial charge in [0.25, 0.3) is 11.5 Å². The second-order valence-corrected chi connectivity index (χ2v) is 8.89. The third-order valence-corrected chi connectivity index (χ3v) is 6.48. The molecule has 0 radical (unpaired) electrons. The van der Waals surface area contributed by atoms with E-state index in [1.807, 2.05) is 0 Å². The fourth-order valence-electron chi connectivity index (χ4n) is 4.41. The number of hydrogen-bond donors (Lipinski definition) is 3. The van der Waals surface area contributed by atoms with Gasteiger partial charge in [-0.2, -0.15) is 0 Å². The van der Waals surface area contributed by atoms with Gasteiger partial charge in [-0.3, -0.25) is 23.7 Å². The number of aryl methyl sites for hydroxylation is 1. The van der Waals surface area contributed by atoms with Crippen molar-refractivity contribution in [1.82, 2.24) is 25.1 Å². The molecule has 1 aromatic heterocycles. The standard InChI is InChI=1S/C24H28FN5O5/c25-17-6-3-15(4-7-17)13-26-21(32)19-20(31)23(34)30-12-9-16(5-8-18(30)28-19)14-27-22(33)24(35)29-10-1-2-11-29/h3-4,6-7,16,31H,1-2,5,8-14H2,(H,26,32)(H,27,33). The zero-order chi connectivity index (χ0) is 24.9. The molecule has 1 atom stereocenters. The van der Waals surface area contributed by atoms with Crippen LogP contribution in [0.15, 0.2) is 29.1 Å². The Morgan fingerprint density at radius 3 is 2.49 bits per heavy atom. The van der Waals surface area contributed by atoms with E-state index >= 15 is 0 Å². The lowest BCUT2D eigenvalue weighted by Crippen LogP contribution is -2.43. The third-order valence-electron chi connectivity index (χ3n) is 6.48. The van der Waals surface area contributed by atoms with Gasteiger partial charge in [-0.1, -0.05) is 12.1 Å². The molecule has 35 heavy (non-hydrogen) atoms. The van der Waals surface area contributed by atoms with Gasteiger partial charge in [-0.15, -0.1) is 0 Å². The van der Waals surface area contributed by atoms with Gasteiger partial charge in [0.2, 0.25) is 5.75 Å². The Balaban J connectivity index is 1.37. The molecule has 2 aliphatic rings. The predicted octanol–water partition coefficient (Wildman–Crippen LogP) is 0.709. The molecular weight excluding hydrogens is 457 g/mol. The Morgan fingerprint density at radius 2 is 1.77 bits per heavy atom. The van der Waals surface area contributed by atoms with Crippen LogP contribution in [0, 0.1) is 11.7 Å². The highest BCUT2D eigenvalue weighted by Crippen LogP contribution is 2.20. The summed E-state index contributed by atoms with van der Waals surface area (Å²) in [5.41, 5.74) is -0.402. The van der Waals surface area contributed by atoms with Gasteiger partial charge in [0, 0.05) is 39.1 Å². The topological polar surface area (TPSA) is 134 Å². The van der Waals surface area contributed by atoms with E-state index in [1.54, 1.807) is 4.90 Å². The lowest BCUT2D eigenvalue weighted by Gasteiger charge is -2.17. The summed E-state index contributed by atoms with van der Waals surface area (Å²) in [4.78, 5) is 55.6. The summed E-state index contributed by atoms with van der Waals surface area (Å²) in [5.74, 6) is -2.59. The maximum atomic E-state index is 13.1. The van der Waals surface area contributed by atoms with Crippen molar-refractivity contribution in [3.8, 4) is 5.75 Å². The van der Waals surface area contributed by atoms with E-state index in [9.17, 15) is 28.7 Å². The first-order valence-corrected chi connectivity index (χ1v) is 11.8. The van der Waals surface area contributed by atoms with Gasteiger partial charge < -0.3 is 20.6 Å². The van der Waals surface area contributed by atoms with E-state index in [0.29, 0.717) is 43.7 Å². The minimum Gasteiger partial charge on any atom is -0.501 e. The fourth-order valence-corrected chi connectivity index (χ4v) is 4.41. The van der Waals surface area contributed by atoms with Crippen LogP contribution in [0.4, 0.5) is 4.39 Å². The number of nitrogens with zero attached hydrogens (tertiary/aromatic N) is 3. The van der Waals surface area contributed by atoms with Gasteiger partial charge in [-0.05, 0) is 49.3 Å². The van der Waals surface area contributed by atoms with Crippen molar-refractivity contribution in [3.05, 3.63) is 57.5 Å². The number of nitrogens with one attached hydrogen (secondary N) is 2. The van der Waals surface area contributed by atoms with Crippen LogP contribution < -0.4 is 16.2 Å². The van der Waals surface area contributed by atoms with Gasteiger partial charge in [-0.25, -0.2) is 9.37 Å². The molecule has 0 aliphatic carbocycles. The number of aromatic nitrogens is 2. The second kappa shape index (κ2) is 10.7. The van der Waals surface area contributed by atoms with E-state index in [4.69, 9.17) is 0 Å². The highest BCUT2D eigenvalue weighted by atomic mass is 19.1. The Bertz CT molecular complexity index is 1170. The molecule has 1 unspecified atom stereocenters. The third kappa shape index (κ3) is 5.67. The number of likely N-dealkylation sites (tertiary alicyclic amines) is 1. The SMILES string of the molecule is O=C(NCC1CCc2nc(C(=O)NCc3ccc(F)cc3)c(O)c(=O)n2CC1)C(=O)N1CCCC1. The number of benzene rings is 1. The first-order valence-electron chi connectivity index (χ1n) is 11.8. The summed E-state index contributed by atoms with van der Waals surface area (Å²) in [6.07, 6.45) is 3.31. The summed E-state index contributed by atoms with van der Waals surface area (Å²) in [7, 11) is 0. The maximum Gasteiger partial charge on any atom is 0.311 e. The van der Waals surface area contributed by atoms with Crippen molar-refractivity contribution >= 4 is 17.7 Å². The van der Waals surface area contributed by atoms with Crippen LogP contribution in [0.1, 0.15) is 47.6 Å². The van der Waals surface area contributed by atoms with Crippen LogP contribution >= 0.6 is 0 Å². The van der Waals surface area contributed by atoms with Gasteiger partial charge in [0.15, 0.2) is 5.69 Å². The van der Waals surface area contributed by atoms with Crippen molar-refractivity contribution in [2.75, 3.05) is 19.6 Å². The minimum atomic E-state index is -0.728. The smallest absolute Gasteiger partial charge is 0.311 e. The molecule has 1 fully saturated rings. The molecule has 3 amide bonds. The number of aromatic hydroxyl groups is 1. The van der Waals surface area contributed by atoms with Gasteiger partial charge in [0.05, 0.1) is 0 Å². The molecule has 1 aromatic carbocycles. The number of fused-ring (bicyclic) bond motifs is 1. The average molecular weight is 486 g/mol. The predicted molar refractivity (Wildman–Crippen MR) is 123 cm³/mol. The number of carbonyl (C=O) groups is 3. The molecule has 3 N–H and O–H groups in total. The van der Waals surface area contributed by atoms with Crippen molar-refractivity contribution < 1.29 is 23.9 Å². The highest BCUT2D eigenvalue weighted by Gasteiger charge is 2.27. The zero-order valence-corrected chi connectivity index (χ0v) is 19.3. The molecule has 0 bridgehead atoms. The molecule has 1 saturated heterocycles. The second-order valence-electron chi connectivity index (χ2n) is 8.89. The molecule has 0 saturated carbocycles. The lowest BCUT2D eigenvalue weighted by atomic mass is 10.0. The van der Waals surface area contributed by atoms with E-state index in [-0.39, 0.29) is 31.2 Å². The first kappa shape index (κ1) is 24.4. The normalized spacial score (nSPS) is 17.4. The summed E-state index contributed by atoms with van der Waals surface area (Å²) in [5, 5.41) is 15.6. The fraction of sp³-hybridized carbons (Fsp3) is 0.458. The summed E-state index contributed by atoms with van der Waals surface area (Å²) >= 11 is 0. The molecular formula is C24H28FN5O5. The van der Waals surface area contributed by atoms with Crippen molar-refractivity contribution in [2.45, 2.75) is 45.2 Å². The van der Waals surface area contributed by atoms with Crippen LogP contribution in [-0.2, 0) is 29.1 Å². The molecule has 0 spiro atoms. The Labute approximate surface area is 201 Å². The Hall–Kier alpha value is -3.76. The summed E-state index contributed by atoms with van der Waals surface area (Å²) in [6.45, 7) is 1.84. The minimum absolute atomic E-state index is 0.00400. The van der Waals surface area contributed by atoms with Crippen molar-refractivity contribution in [1.29, 1.82) is 0 Å².